The van der Waals surface area contributed by atoms with Crippen LogP contribution in [0.3, 0.4) is 0 Å². The lowest BCUT2D eigenvalue weighted by atomic mass is 10.1. The van der Waals surface area contributed by atoms with Crippen molar-refractivity contribution in [2.75, 3.05) is 19.8 Å². The van der Waals surface area contributed by atoms with E-state index in [1.165, 1.54) is 5.57 Å². The van der Waals surface area contributed by atoms with Gasteiger partial charge < -0.3 is 10.1 Å². The van der Waals surface area contributed by atoms with E-state index in [1.807, 2.05) is 5.51 Å². The minimum Gasteiger partial charge on any atom is -0.377 e. The lowest BCUT2D eigenvalue weighted by molar-refractivity contribution is 0.153. The summed E-state index contributed by atoms with van der Waals surface area (Å²) >= 11 is 1.65. The summed E-state index contributed by atoms with van der Waals surface area (Å²) in [6.45, 7) is 4.85. The number of nitrogens with one attached hydrogen (secondary N) is 1. The SMILES string of the molecule is CC(NCCC1=CCOCC1)c1cscn1. The van der Waals surface area contributed by atoms with E-state index in [4.69, 9.17) is 4.74 Å². The molecular formula is C12H18N2OS. The van der Waals surface area contributed by atoms with Gasteiger partial charge in [0.05, 0.1) is 24.4 Å². The Bertz CT molecular complexity index is 335. The molecule has 0 aromatic carbocycles. The van der Waals surface area contributed by atoms with Crippen molar-refractivity contribution in [1.29, 1.82) is 0 Å². The van der Waals surface area contributed by atoms with Crippen molar-refractivity contribution in [3.05, 3.63) is 28.2 Å². The Labute approximate surface area is 101 Å². The Kier molecular flexibility index (Phi) is 4.51. The molecule has 1 aliphatic rings. The molecule has 3 nitrogen and oxygen atoms in total. The van der Waals surface area contributed by atoms with Crippen LogP contribution in [-0.4, -0.2) is 24.7 Å². The molecule has 2 rings (SSSR count). The lowest BCUT2D eigenvalue weighted by Crippen LogP contribution is -2.21. The van der Waals surface area contributed by atoms with Gasteiger partial charge in [0.25, 0.3) is 0 Å². The molecule has 16 heavy (non-hydrogen) atoms. The number of hydrogen-bond donors (Lipinski definition) is 1. The Morgan fingerprint density at radius 2 is 2.56 bits per heavy atom. The zero-order valence-corrected chi connectivity index (χ0v) is 10.4. The Morgan fingerprint density at radius 3 is 3.25 bits per heavy atom. The van der Waals surface area contributed by atoms with E-state index in [-0.39, 0.29) is 0 Å². The average Bonchev–Trinajstić information content (AvgIpc) is 2.84. The first kappa shape index (κ1) is 11.8. The van der Waals surface area contributed by atoms with Crippen LogP contribution in [0.4, 0.5) is 0 Å². The van der Waals surface area contributed by atoms with Crippen LogP contribution < -0.4 is 5.32 Å². The number of nitrogens with zero attached hydrogens (tertiary/aromatic N) is 1. The monoisotopic (exact) mass is 238 g/mol. The fraction of sp³-hybridized carbons (Fsp3) is 0.583. The largest absolute Gasteiger partial charge is 0.377 e. The molecule has 1 atom stereocenters. The molecule has 1 aromatic heterocycles. The molecule has 1 aromatic rings. The van der Waals surface area contributed by atoms with Crippen molar-refractivity contribution in [2.45, 2.75) is 25.8 Å². The molecule has 0 bridgehead atoms. The van der Waals surface area contributed by atoms with Gasteiger partial charge in [0.2, 0.25) is 0 Å². The van der Waals surface area contributed by atoms with Crippen LogP contribution in [0.15, 0.2) is 22.5 Å². The van der Waals surface area contributed by atoms with Gasteiger partial charge in [0.1, 0.15) is 0 Å². The van der Waals surface area contributed by atoms with Crippen LogP contribution in [0.2, 0.25) is 0 Å². The van der Waals surface area contributed by atoms with Gasteiger partial charge in [-0.15, -0.1) is 11.3 Å². The van der Waals surface area contributed by atoms with Gasteiger partial charge in [0, 0.05) is 11.4 Å². The molecule has 0 aliphatic carbocycles. The highest BCUT2D eigenvalue weighted by Crippen LogP contribution is 2.14. The van der Waals surface area contributed by atoms with Crippen molar-refractivity contribution in [1.82, 2.24) is 10.3 Å². The molecule has 88 valence electrons. The molecule has 0 radical (unpaired) electrons. The summed E-state index contributed by atoms with van der Waals surface area (Å²) in [6, 6.07) is 0.353. The smallest absolute Gasteiger partial charge is 0.0795 e. The number of hydrogen-bond acceptors (Lipinski definition) is 4. The predicted molar refractivity (Wildman–Crippen MR) is 66.7 cm³/mol. The molecule has 2 heterocycles. The maximum absolute atomic E-state index is 5.28. The van der Waals surface area contributed by atoms with Crippen LogP contribution in [0.5, 0.6) is 0 Å². The topological polar surface area (TPSA) is 34.1 Å². The van der Waals surface area contributed by atoms with Crippen molar-refractivity contribution >= 4 is 11.3 Å². The highest BCUT2D eigenvalue weighted by atomic mass is 32.1. The van der Waals surface area contributed by atoms with Gasteiger partial charge in [0.15, 0.2) is 0 Å². The molecule has 0 amide bonds. The van der Waals surface area contributed by atoms with E-state index in [1.54, 1.807) is 11.3 Å². The summed E-state index contributed by atoms with van der Waals surface area (Å²) < 4.78 is 5.28. The second-order valence-corrected chi connectivity index (χ2v) is 4.75. The maximum Gasteiger partial charge on any atom is 0.0795 e. The molecule has 0 saturated carbocycles. The van der Waals surface area contributed by atoms with Gasteiger partial charge in [-0.1, -0.05) is 11.6 Å². The Morgan fingerprint density at radius 1 is 1.62 bits per heavy atom. The van der Waals surface area contributed by atoms with Crippen LogP contribution >= 0.6 is 11.3 Å². The lowest BCUT2D eigenvalue weighted by Gasteiger charge is -2.15. The number of thiazole rings is 1. The molecular weight excluding hydrogens is 220 g/mol. The van der Waals surface area contributed by atoms with Crippen LogP contribution in [0.25, 0.3) is 0 Å². The summed E-state index contributed by atoms with van der Waals surface area (Å²) in [4.78, 5) is 4.30. The van der Waals surface area contributed by atoms with Crippen LogP contribution in [0.1, 0.15) is 31.5 Å². The predicted octanol–water partition coefficient (Wildman–Crippen LogP) is 2.53. The third-order valence-corrected chi connectivity index (χ3v) is 3.45. The van der Waals surface area contributed by atoms with Gasteiger partial charge in [-0.2, -0.15) is 0 Å². The maximum atomic E-state index is 5.28. The molecule has 1 unspecified atom stereocenters. The molecule has 1 aliphatic heterocycles. The van der Waals surface area contributed by atoms with E-state index < -0.39 is 0 Å². The minimum atomic E-state index is 0.353. The molecule has 0 fully saturated rings. The number of rotatable bonds is 5. The Hall–Kier alpha value is -0.710. The zero-order chi connectivity index (χ0) is 11.2. The van der Waals surface area contributed by atoms with Gasteiger partial charge in [-0.3, -0.25) is 0 Å². The van der Waals surface area contributed by atoms with Crippen LogP contribution in [-0.2, 0) is 4.74 Å². The highest BCUT2D eigenvalue weighted by molar-refractivity contribution is 7.07. The van der Waals surface area contributed by atoms with Crippen LogP contribution in [0, 0.1) is 0 Å². The van der Waals surface area contributed by atoms with Gasteiger partial charge in [-0.25, -0.2) is 4.98 Å². The molecule has 4 heteroatoms. The molecule has 0 spiro atoms. The third-order valence-electron chi connectivity index (χ3n) is 2.85. The minimum absolute atomic E-state index is 0.353. The van der Waals surface area contributed by atoms with Crippen molar-refractivity contribution < 1.29 is 4.74 Å². The summed E-state index contributed by atoms with van der Waals surface area (Å²) in [5.41, 5.74) is 4.55. The first-order chi connectivity index (χ1) is 7.86. The van der Waals surface area contributed by atoms with Gasteiger partial charge >= 0.3 is 0 Å². The standard InChI is InChI=1S/C12H18N2OS/c1-10(12-8-16-9-14-12)13-5-2-11-3-6-15-7-4-11/h3,8-10,13H,2,4-7H2,1H3. The summed E-state index contributed by atoms with van der Waals surface area (Å²) in [5, 5.41) is 5.60. The van der Waals surface area contributed by atoms with E-state index >= 15 is 0 Å². The summed E-state index contributed by atoms with van der Waals surface area (Å²) in [6.07, 6.45) is 4.42. The summed E-state index contributed by atoms with van der Waals surface area (Å²) in [7, 11) is 0. The Balaban J connectivity index is 1.69. The second kappa shape index (κ2) is 6.13. The second-order valence-electron chi connectivity index (χ2n) is 4.03. The quantitative estimate of drug-likeness (QED) is 0.800. The van der Waals surface area contributed by atoms with Crippen molar-refractivity contribution in [2.24, 2.45) is 0 Å². The highest BCUT2D eigenvalue weighted by Gasteiger charge is 2.07. The van der Waals surface area contributed by atoms with Gasteiger partial charge in [-0.05, 0) is 26.3 Å². The van der Waals surface area contributed by atoms with E-state index in [0.29, 0.717) is 6.04 Å². The van der Waals surface area contributed by atoms with Crippen molar-refractivity contribution in [3.8, 4) is 0 Å². The van der Waals surface area contributed by atoms with E-state index in [0.717, 1.165) is 38.3 Å². The average molecular weight is 238 g/mol. The fourth-order valence-electron chi connectivity index (χ4n) is 1.78. The zero-order valence-electron chi connectivity index (χ0n) is 9.61. The first-order valence-corrected chi connectivity index (χ1v) is 6.67. The third kappa shape index (κ3) is 3.40. The molecule has 0 saturated heterocycles. The number of aromatic nitrogens is 1. The normalized spacial score (nSPS) is 18.2. The van der Waals surface area contributed by atoms with Crippen molar-refractivity contribution in [3.63, 3.8) is 0 Å². The van der Waals surface area contributed by atoms with E-state index in [2.05, 4.69) is 28.7 Å². The number of ether oxygens (including phenoxy) is 1. The fourth-order valence-corrected chi connectivity index (χ4v) is 2.43. The van der Waals surface area contributed by atoms with E-state index in [9.17, 15) is 0 Å². The molecule has 1 N–H and O–H groups in total. The first-order valence-electron chi connectivity index (χ1n) is 5.73. The summed E-state index contributed by atoms with van der Waals surface area (Å²) in [5.74, 6) is 0.